The Labute approximate surface area is 276 Å². The van der Waals surface area contributed by atoms with Gasteiger partial charge >= 0.3 is 12.4 Å². The van der Waals surface area contributed by atoms with Crippen molar-refractivity contribution in [3.8, 4) is 44.5 Å². The Kier molecular flexibility index (Phi) is 7.10. The van der Waals surface area contributed by atoms with Crippen LogP contribution < -0.4 is 0 Å². The number of benzene rings is 7. The molecule has 1 aromatic heterocycles. The second kappa shape index (κ2) is 11.4. The highest BCUT2D eigenvalue weighted by molar-refractivity contribution is 6.06. The van der Waals surface area contributed by atoms with E-state index in [2.05, 4.69) is 60.7 Å². The fourth-order valence-corrected chi connectivity index (χ4v) is 6.34. The molecule has 0 saturated heterocycles. The zero-order chi connectivity index (χ0) is 33.9. The highest BCUT2D eigenvalue weighted by Crippen LogP contribution is 2.39. The monoisotopic (exact) mass is 658 g/mol. The minimum absolute atomic E-state index is 0.138. The molecule has 1 heterocycles. The van der Waals surface area contributed by atoms with Gasteiger partial charge in [-0.05, 0) is 104 Å². The SMILES string of the molecule is FC(F)(F)c1cc(-c2ccc(-c3ccc4ccc(-c5ccc(-c6ccc7oc8ccccc8c7c6)cc5)cc4c3)cc2)cc(C(F)(F)F)c1. The summed E-state index contributed by atoms with van der Waals surface area (Å²) in [5.41, 5.74) is 5.04. The number of para-hydroxylation sites is 1. The van der Waals surface area contributed by atoms with Crippen LogP contribution in [0, 0.1) is 0 Å². The fraction of sp³-hybridized carbons (Fsp3) is 0.0476. The van der Waals surface area contributed by atoms with E-state index in [9.17, 15) is 26.3 Å². The first-order valence-electron chi connectivity index (χ1n) is 15.5. The van der Waals surface area contributed by atoms with Crippen molar-refractivity contribution in [3.63, 3.8) is 0 Å². The zero-order valence-electron chi connectivity index (χ0n) is 25.5. The first-order chi connectivity index (χ1) is 23.5. The third kappa shape index (κ3) is 5.82. The zero-order valence-corrected chi connectivity index (χ0v) is 25.5. The standard InChI is InChI=1S/C42H24F6O/c43-41(44,45)35-21-34(22-36(24-35)42(46,47)48)29-11-9-26(10-12-29)31-16-14-28-13-15-30(19-33(28)20-31)25-5-7-27(8-6-25)32-17-18-40-38(23-32)37-3-1-2-4-39(37)49-40/h1-24H. The van der Waals surface area contributed by atoms with Gasteiger partial charge in [0.1, 0.15) is 11.2 Å². The van der Waals surface area contributed by atoms with Gasteiger partial charge in [-0.2, -0.15) is 26.3 Å². The van der Waals surface area contributed by atoms with Crippen LogP contribution in [0.2, 0.25) is 0 Å². The number of halogens is 6. The fourth-order valence-electron chi connectivity index (χ4n) is 6.34. The maximum atomic E-state index is 13.4. The highest BCUT2D eigenvalue weighted by Gasteiger charge is 2.37. The Morgan fingerprint density at radius 2 is 0.755 bits per heavy atom. The van der Waals surface area contributed by atoms with Crippen LogP contribution in [0.25, 0.3) is 77.2 Å². The quantitative estimate of drug-likeness (QED) is 0.172. The molecule has 49 heavy (non-hydrogen) atoms. The van der Waals surface area contributed by atoms with Gasteiger partial charge in [-0.3, -0.25) is 0 Å². The predicted molar refractivity (Wildman–Crippen MR) is 183 cm³/mol. The molecule has 0 aliphatic heterocycles. The highest BCUT2D eigenvalue weighted by atomic mass is 19.4. The van der Waals surface area contributed by atoms with E-state index in [1.807, 2.05) is 42.5 Å². The topological polar surface area (TPSA) is 13.1 Å². The number of hydrogen-bond acceptors (Lipinski definition) is 1. The lowest BCUT2D eigenvalue weighted by atomic mass is 9.94. The van der Waals surface area contributed by atoms with Crippen molar-refractivity contribution >= 4 is 32.7 Å². The first-order valence-corrected chi connectivity index (χ1v) is 15.5. The molecule has 0 N–H and O–H groups in total. The molecule has 0 atom stereocenters. The second-order valence-electron chi connectivity index (χ2n) is 12.0. The van der Waals surface area contributed by atoms with E-state index >= 15 is 0 Å². The van der Waals surface area contributed by atoms with Crippen LogP contribution in [0.3, 0.4) is 0 Å². The molecule has 7 heteroatoms. The lowest BCUT2D eigenvalue weighted by molar-refractivity contribution is -0.143. The minimum Gasteiger partial charge on any atom is -0.456 e. The van der Waals surface area contributed by atoms with E-state index in [1.165, 1.54) is 0 Å². The Bertz CT molecular complexity index is 2470. The molecular weight excluding hydrogens is 634 g/mol. The molecular formula is C42H24F6O. The summed E-state index contributed by atoms with van der Waals surface area (Å²) in [5.74, 6) is 0. The van der Waals surface area contributed by atoms with Crippen molar-refractivity contribution in [2.45, 2.75) is 12.4 Å². The van der Waals surface area contributed by atoms with Gasteiger partial charge in [-0.25, -0.2) is 0 Å². The Hall–Kier alpha value is -5.82. The van der Waals surface area contributed by atoms with Crippen molar-refractivity contribution < 1.29 is 30.8 Å². The summed E-state index contributed by atoms with van der Waals surface area (Å²) in [6.45, 7) is 0. The van der Waals surface area contributed by atoms with E-state index in [0.29, 0.717) is 0 Å². The number of furan rings is 1. The Morgan fingerprint density at radius 3 is 1.29 bits per heavy atom. The number of rotatable bonds is 4. The van der Waals surface area contributed by atoms with E-state index in [1.54, 1.807) is 24.3 Å². The van der Waals surface area contributed by atoms with E-state index in [-0.39, 0.29) is 17.2 Å². The molecule has 0 spiro atoms. The van der Waals surface area contributed by atoms with Crippen molar-refractivity contribution in [2.24, 2.45) is 0 Å². The van der Waals surface area contributed by atoms with Crippen LogP contribution in [0.5, 0.6) is 0 Å². The second-order valence-corrected chi connectivity index (χ2v) is 12.0. The lowest BCUT2D eigenvalue weighted by Gasteiger charge is -2.14. The van der Waals surface area contributed by atoms with Crippen LogP contribution in [0.4, 0.5) is 26.3 Å². The molecule has 8 aromatic rings. The predicted octanol–water partition coefficient (Wildman–Crippen LogP) is 13.4. The average Bonchev–Trinajstić information content (AvgIpc) is 3.48. The normalized spacial score (nSPS) is 12.3. The summed E-state index contributed by atoms with van der Waals surface area (Å²) in [6, 6.07) is 42.9. The summed E-state index contributed by atoms with van der Waals surface area (Å²) < 4.78 is 86.4. The molecule has 7 aromatic carbocycles. The maximum absolute atomic E-state index is 13.4. The molecule has 0 saturated carbocycles. The molecule has 0 bridgehead atoms. The molecule has 240 valence electrons. The van der Waals surface area contributed by atoms with Crippen LogP contribution in [-0.4, -0.2) is 0 Å². The van der Waals surface area contributed by atoms with Gasteiger partial charge in [-0.1, -0.05) is 97.1 Å². The van der Waals surface area contributed by atoms with Crippen LogP contribution in [0.1, 0.15) is 11.1 Å². The van der Waals surface area contributed by atoms with Crippen LogP contribution in [-0.2, 0) is 12.4 Å². The largest absolute Gasteiger partial charge is 0.456 e. The molecule has 0 unspecified atom stereocenters. The molecule has 8 rings (SSSR count). The van der Waals surface area contributed by atoms with Gasteiger partial charge < -0.3 is 4.42 Å². The van der Waals surface area contributed by atoms with Crippen molar-refractivity contribution in [2.75, 3.05) is 0 Å². The molecule has 0 aliphatic rings. The van der Waals surface area contributed by atoms with E-state index < -0.39 is 23.5 Å². The van der Waals surface area contributed by atoms with Crippen molar-refractivity contribution in [3.05, 3.63) is 157 Å². The molecule has 0 amide bonds. The van der Waals surface area contributed by atoms with E-state index in [4.69, 9.17) is 4.42 Å². The molecule has 0 aliphatic carbocycles. The molecule has 0 radical (unpaired) electrons. The van der Waals surface area contributed by atoms with Gasteiger partial charge in [0.2, 0.25) is 0 Å². The summed E-state index contributed by atoms with van der Waals surface area (Å²) in [4.78, 5) is 0. The molecule has 1 nitrogen and oxygen atoms in total. The first kappa shape index (κ1) is 30.5. The van der Waals surface area contributed by atoms with Gasteiger partial charge in [0.15, 0.2) is 0 Å². The average molecular weight is 659 g/mol. The van der Waals surface area contributed by atoms with Gasteiger partial charge in [0, 0.05) is 10.8 Å². The smallest absolute Gasteiger partial charge is 0.416 e. The van der Waals surface area contributed by atoms with E-state index in [0.717, 1.165) is 78.2 Å². The Morgan fingerprint density at radius 1 is 0.327 bits per heavy atom. The van der Waals surface area contributed by atoms with Gasteiger partial charge in [-0.15, -0.1) is 0 Å². The number of alkyl halides is 6. The summed E-state index contributed by atoms with van der Waals surface area (Å²) in [6.07, 6.45) is -9.82. The lowest BCUT2D eigenvalue weighted by Crippen LogP contribution is -2.11. The van der Waals surface area contributed by atoms with Gasteiger partial charge in [0.05, 0.1) is 11.1 Å². The third-order valence-corrected chi connectivity index (χ3v) is 8.91. The van der Waals surface area contributed by atoms with Crippen molar-refractivity contribution in [1.29, 1.82) is 0 Å². The summed E-state index contributed by atoms with van der Waals surface area (Å²) >= 11 is 0. The van der Waals surface area contributed by atoms with Crippen LogP contribution >= 0.6 is 0 Å². The summed E-state index contributed by atoms with van der Waals surface area (Å²) in [7, 11) is 0. The maximum Gasteiger partial charge on any atom is 0.416 e. The van der Waals surface area contributed by atoms with Gasteiger partial charge in [0.25, 0.3) is 0 Å². The van der Waals surface area contributed by atoms with Crippen molar-refractivity contribution in [1.82, 2.24) is 0 Å². The third-order valence-electron chi connectivity index (χ3n) is 8.91. The number of fused-ring (bicyclic) bond motifs is 4. The summed E-state index contributed by atoms with van der Waals surface area (Å²) in [5, 5.41) is 4.18. The molecule has 0 fully saturated rings. The Balaban J connectivity index is 1.07. The number of hydrogen-bond donors (Lipinski definition) is 0. The van der Waals surface area contributed by atoms with Crippen LogP contribution in [0.15, 0.2) is 150 Å². The minimum atomic E-state index is -4.91.